The summed E-state index contributed by atoms with van der Waals surface area (Å²) in [5.74, 6) is 0.122. The minimum atomic E-state index is -2.49. The van der Waals surface area contributed by atoms with Gasteiger partial charge < -0.3 is 0 Å². The molecular weight excluding hydrogens is 344 g/mol. The Hall–Kier alpha value is -2.07. The van der Waals surface area contributed by atoms with E-state index in [2.05, 4.69) is 29.2 Å². The molecule has 2 nitrogen and oxygen atoms in total. The summed E-state index contributed by atoms with van der Waals surface area (Å²) < 4.78 is 25.5. The summed E-state index contributed by atoms with van der Waals surface area (Å²) in [6.45, 7) is 0.945. The highest BCUT2D eigenvalue weighted by Gasteiger charge is 2.40. The van der Waals surface area contributed by atoms with Gasteiger partial charge in [-0.3, -0.25) is 9.69 Å². The first-order valence-corrected chi connectivity index (χ1v) is 9.84. The SMILES string of the molecule is O=C(c1ccc(C(F)F)cc1)C1CC2CCCC(C1)N2Cc1ccccc1. The molecule has 0 saturated carbocycles. The fraction of sp³-hybridized carbons (Fsp3) is 0.435. The van der Waals surface area contributed by atoms with Crippen molar-refractivity contribution in [3.8, 4) is 0 Å². The molecule has 2 heterocycles. The number of halogens is 2. The number of nitrogens with zero attached hydrogens (tertiary/aromatic N) is 1. The fourth-order valence-corrected chi connectivity index (χ4v) is 4.77. The highest BCUT2D eigenvalue weighted by Crippen LogP contribution is 2.39. The van der Waals surface area contributed by atoms with Crippen LogP contribution < -0.4 is 0 Å². The molecule has 0 aliphatic carbocycles. The number of hydrogen-bond donors (Lipinski definition) is 0. The summed E-state index contributed by atoms with van der Waals surface area (Å²) >= 11 is 0. The van der Waals surface area contributed by atoms with E-state index in [0.717, 1.165) is 32.2 Å². The molecule has 2 atom stereocenters. The Morgan fingerprint density at radius 3 is 2.19 bits per heavy atom. The van der Waals surface area contributed by atoms with Crippen LogP contribution in [0.1, 0.15) is 60.0 Å². The van der Waals surface area contributed by atoms with Crippen molar-refractivity contribution in [2.24, 2.45) is 5.92 Å². The zero-order chi connectivity index (χ0) is 18.8. The molecule has 142 valence electrons. The maximum absolute atomic E-state index is 13.0. The third-order valence-corrected chi connectivity index (χ3v) is 6.15. The van der Waals surface area contributed by atoms with Crippen LogP contribution in [0.2, 0.25) is 0 Å². The average Bonchev–Trinajstić information content (AvgIpc) is 2.68. The van der Waals surface area contributed by atoms with Crippen molar-refractivity contribution < 1.29 is 13.6 Å². The van der Waals surface area contributed by atoms with Gasteiger partial charge in [-0.15, -0.1) is 0 Å². The Morgan fingerprint density at radius 1 is 0.963 bits per heavy atom. The standard InChI is InChI=1S/C23H25F2NO/c24-23(25)18-11-9-17(10-12-18)22(27)19-13-20-7-4-8-21(14-19)26(20)15-16-5-2-1-3-6-16/h1-3,5-6,9-12,19-21,23H,4,7-8,13-15H2. The topological polar surface area (TPSA) is 20.3 Å². The minimum Gasteiger partial charge on any atom is -0.294 e. The van der Waals surface area contributed by atoms with Crippen molar-refractivity contribution >= 4 is 5.78 Å². The number of Topliss-reactive ketones (excluding diaryl/α,β-unsaturated/α-hetero) is 1. The molecule has 2 aliphatic heterocycles. The lowest BCUT2D eigenvalue weighted by atomic mass is 9.75. The molecule has 0 aromatic heterocycles. The number of alkyl halides is 2. The fourth-order valence-electron chi connectivity index (χ4n) is 4.77. The number of piperidine rings is 2. The average molecular weight is 369 g/mol. The summed E-state index contributed by atoms with van der Waals surface area (Å²) in [7, 11) is 0. The number of fused-ring (bicyclic) bond motifs is 2. The predicted octanol–water partition coefficient (Wildman–Crippen LogP) is 5.64. The largest absolute Gasteiger partial charge is 0.294 e. The van der Waals surface area contributed by atoms with E-state index in [-0.39, 0.29) is 17.3 Å². The van der Waals surface area contributed by atoms with Crippen molar-refractivity contribution in [3.05, 3.63) is 71.3 Å². The van der Waals surface area contributed by atoms with Crippen LogP contribution in [0, 0.1) is 5.92 Å². The third-order valence-electron chi connectivity index (χ3n) is 6.15. The summed E-state index contributed by atoms with van der Waals surface area (Å²) in [5, 5.41) is 0. The molecule has 0 N–H and O–H groups in total. The van der Waals surface area contributed by atoms with Gasteiger partial charge in [0.25, 0.3) is 6.43 Å². The zero-order valence-electron chi connectivity index (χ0n) is 15.4. The van der Waals surface area contributed by atoms with Crippen LogP contribution in [0.15, 0.2) is 54.6 Å². The number of carbonyl (C=O) groups is 1. The van der Waals surface area contributed by atoms with Crippen LogP contribution in [0.3, 0.4) is 0 Å². The van der Waals surface area contributed by atoms with Gasteiger partial charge in [0.2, 0.25) is 0 Å². The van der Waals surface area contributed by atoms with Crippen molar-refractivity contribution in [1.82, 2.24) is 4.90 Å². The monoisotopic (exact) mass is 369 g/mol. The second kappa shape index (κ2) is 7.89. The summed E-state index contributed by atoms with van der Waals surface area (Å²) in [6, 6.07) is 17.3. The number of rotatable bonds is 5. The Bertz CT molecular complexity index is 761. The lowest BCUT2D eigenvalue weighted by Crippen LogP contribution is -2.52. The lowest BCUT2D eigenvalue weighted by Gasteiger charge is -2.48. The molecular formula is C23H25F2NO. The van der Waals surface area contributed by atoms with Gasteiger partial charge in [0.05, 0.1) is 0 Å². The summed E-state index contributed by atoms with van der Waals surface area (Å²) in [5.41, 5.74) is 1.86. The predicted molar refractivity (Wildman–Crippen MR) is 102 cm³/mol. The first-order valence-electron chi connectivity index (χ1n) is 9.84. The van der Waals surface area contributed by atoms with E-state index in [1.54, 1.807) is 12.1 Å². The Labute approximate surface area is 159 Å². The number of ketones is 1. The van der Waals surface area contributed by atoms with Crippen LogP contribution in [-0.4, -0.2) is 22.8 Å². The van der Waals surface area contributed by atoms with Crippen molar-refractivity contribution in [2.75, 3.05) is 0 Å². The second-order valence-electron chi connectivity index (χ2n) is 7.85. The van der Waals surface area contributed by atoms with E-state index >= 15 is 0 Å². The number of benzene rings is 2. The van der Waals surface area contributed by atoms with Crippen molar-refractivity contribution in [3.63, 3.8) is 0 Å². The minimum absolute atomic E-state index is 0.00437. The third kappa shape index (κ3) is 3.96. The quantitative estimate of drug-likeness (QED) is 0.636. The van der Waals surface area contributed by atoms with E-state index in [0.29, 0.717) is 17.6 Å². The molecule has 2 aromatic rings. The Morgan fingerprint density at radius 2 is 1.59 bits per heavy atom. The normalized spacial score (nSPS) is 25.5. The summed E-state index contributed by atoms with van der Waals surface area (Å²) in [4.78, 5) is 15.6. The molecule has 2 aromatic carbocycles. The first-order chi connectivity index (χ1) is 13.1. The van der Waals surface area contributed by atoms with Crippen molar-refractivity contribution in [1.29, 1.82) is 0 Å². The van der Waals surface area contributed by atoms with Gasteiger partial charge in [-0.25, -0.2) is 8.78 Å². The van der Waals surface area contributed by atoms with E-state index in [4.69, 9.17) is 0 Å². The molecule has 2 saturated heterocycles. The molecule has 4 rings (SSSR count). The molecule has 2 fully saturated rings. The highest BCUT2D eigenvalue weighted by atomic mass is 19.3. The highest BCUT2D eigenvalue weighted by molar-refractivity contribution is 5.98. The number of hydrogen-bond acceptors (Lipinski definition) is 2. The van der Waals surface area contributed by atoms with Gasteiger partial charge in [0.1, 0.15) is 0 Å². The van der Waals surface area contributed by atoms with Crippen LogP contribution in [-0.2, 0) is 6.54 Å². The summed E-state index contributed by atoms with van der Waals surface area (Å²) in [6.07, 6.45) is 2.76. The molecule has 2 unspecified atom stereocenters. The molecule has 27 heavy (non-hydrogen) atoms. The van der Waals surface area contributed by atoms with Crippen LogP contribution >= 0.6 is 0 Å². The Kier molecular flexibility index (Phi) is 5.35. The molecule has 4 heteroatoms. The molecule has 2 aliphatic rings. The zero-order valence-corrected chi connectivity index (χ0v) is 15.4. The van der Waals surface area contributed by atoms with E-state index in [1.165, 1.54) is 24.1 Å². The van der Waals surface area contributed by atoms with Gasteiger partial charge >= 0.3 is 0 Å². The molecule has 0 spiro atoms. The molecule has 0 radical (unpaired) electrons. The maximum atomic E-state index is 13.0. The first kappa shape index (κ1) is 18.3. The van der Waals surface area contributed by atoms with E-state index in [9.17, 15) is 13.6 Å². The van der Waals surface area contributed by atoms with Crippen LogP contribution in [0.5, 0.6) is 0 Å². The number of carbonyl (C=O) groups excluding carboxylic acids is 1. The van der Waals surface area contributed by atoms with Gasteiger partial charge in [0.15, 0.2) is 5.78 Å². The van der Waals surface area contributed by atoms with Gasteiger partial charge in [-0.2, -0.15) is 0 Å². The van der Waals surface area contributed by atoms with E-state index in [1.807, 2.05) is 6.07 Å². The molecule has 0 amide bonds. The maximum Gasteiger partial charge on any atom is 0.263 e. The molecule has 2 bridgehead atoms. The second-order valence-corrected chi connectivity index (χ2v) is 7.85. The van der Waals surface area contributed by atoms with Crippen LogP contribution in [0.4, 0.5) is 8.78 Å². The van der Waals surface area contributed by atoms with Crippen molar-refractivity contribution in [2.45, 2.75) is 57.2 Å². The van der Waals surface area contributed by atoms with E-state index < -0.39 is 6.43 Å². The smallest absolute Gasteiger partial charge is 0.263 e. The van der Waals surface area contributed by atoms with Gasteiger partial charge in [-0.05, 0) is 31.2 Å². The lowest BCUT2D eigenvalue weighted by molar-refractivity contribution is 0.00906. The van der Waals surface area contributed by atoms with Gasteiger partial charge in [0, 0.05) is 35.7 Å². The van der Waals surface area contributed by atoms with Crippen LogP contribution in [0.25, 0.3) is 0 Å². The van der Waals surface area contributed by atoms with Gasteiger partial charge in [-0.1, -0.05) is 61.0 Å². The Balaban J connectivity index is 1.47.